The number of aromatic nitrogens is 4. The van der Waals surface area contributed by atoms with Crippen molar-refractivity contribution in [3.63, 3.8) is 0 Å². The molecule has 1 aliphatic rings. The molecule has 0 radical (unpaired) electrons. The summed E-state index contributed by atoms with van der Waals surface area (Å²) in [6, 6.07) is 12.4. The largest absolute Gasteiger partial charge is 0.497 e. The number of methoxy groups -OCH3 is 3. The lowest BCUT2D eigenvalue weighted by molar-refractivity contribution is 0.353. The van der Waals surface area contributed by atoms with Gasteiger partial charge in [-0.3, -0.25) is 0 Å². The third-order valence-electron chi connectivity index (χ3n) is 6.43. The molecule has 1 saturated heterocycles. The van der Waals surface area contributed by atoms with Gasteiger partial charge >= 0.3 is 0 Å². The number of nitrogens with zero attached hydrogens (tertiary/aromatic N) is 6. The molecular weight excluding hydrogens is 496 g/mol. The van der Waals surface area contributed by atoms with Crippen molar-refractivity contribution in [2.24, 2.45) is 0 Å². The predicted molar refractivity (Wildman–Crippen MR) is 138 cm³/mol. The highest BCUT2D eigenvalue weighted by Gasteiger charge is 2.29. The van der Waals surface area contributed by atoms with Crippen molar-refractivity contribution >= 4 is 21.6 Å². The fraction of sp³-hybridized carbons (Fsp3) is 0.320. The van der Waals surface area contributed by atoms with Crippen molar-refractivity contribution in [3.05, 3.63) is 55.0 Å². The van der Waals surface area contributed by atoms with Gasteiger partial charge in [0.1, 0.15) is 17.9 Å². The van der Waals surface area contributed by atoms with Crippen LogP contribution in [-0.4, -0.2) is 79.8 Å². The molecule has 3 heterocycles. The van der Waals surface area contributed by atoms with E-state index in [1.54, 1.807) is 30.0 Å². The molecule has 0 bridgehead atoms. The first-order valence-electron chi connectivity index (χ1n) is 11.8. The van der Waals surface area contributed by atoms with Gasteiger partial charge in [-0.05, 0) is 36.2 Å². The summed E-state index contributed by atoms with van der Waals surface area (Å²) >= 11 is 0. The molecular formula is C25H28N6O5S. The van der Waals surface area contributed by atoms with Gasteiger partial charge in [0, 0.05) is 44.0 Å². The van der Waals surface area contributed by atoms with Crippen LogP contribution in [0.3, 0.4) is 0 Å². The van der Waals surface area contributed by atoms with E-state index >= 15 is 0 Å². The summed E-state index contributed by atoms with van der Waals surface area (Å²) < 4.78 is 46.2. The highest BCUT2D eigenvalue weighted by molar-refractivity contribution is 7.89. The number of fused-ring (bicyclic) bond motifs is 1. The van der Waals surface area contributed by atoms with Crippen molar-refractivity contribution in [2.75, 3.05) is 52.4 Å². The Morgan fingerprint density at radius 1 is 0.838 bits per heavy atom. The molecule has 11 nitrogen and oxygen atoms in total. The smallest absolute Gasteiger partial charge is 0.254 e. The minimum absolute atomic E-state index is 0.167. The Hall–Kier alpha value is -3.90. The Bertz CT molecular complexity index is 1510. The molecule has 0 N–H and O–H groups in total. The first kappa shape index (κ1) is 24.8. The SMILES string of the molecule is COc1ccc(-c2cnc3ncnn3c2N2CCCN(S(=O)(=O)c3ccc(OC)c(OC)c3)CC2)cc1. The van der Waals surface area contributed by atoms with Gasteiger partial charge < -0.3 is 19.1 Å². The fourth-order valence-electron chi connectivity index (χ4n) is 4.52. The second-order valence-corrected chi connectivity index (χ2v) is 10.4. The van der Waals surface area contributed by atoms with E-state index in [1.165, 1.54) is 30.9 Å². The van der Waals surface area contributed by atoms with Crippen LogP contribution >= 0.6 is 0 Å². The Labute approximate surface area is 215 Å². The molecule has 194 valence electrons. The Morgan fingerprint density at radius 2 is 1.62 bits per heavy atom. The molecule has 12 heteroatoms. The molecule has 2 aromatic carbocycles. The first-order valence-corrected chi connectivity index (χ1v) is 13.2. The molecule has 37 heavy (non-hydrogen) atoms. The summed E-state index contributed by atoms with van der Waals surface area (Å²) in [6.45, 7) is 1.79. The van der Waals surface area contributed by atoms with Crippen LogP contribution in [-0.2, 0) is 10.0 Å². The number of hydrogen-bond donors (Lipinski definition) is 0. The molecule has 2 aromatic heterocycles. The maximum absolute atomic E-state index is 13.5. The lowest BCUT2D eigenvalue weighted by Crippen LogP contribution is -2.35. The molecule has 1 fully saturated rings. The maximum atomic E-state index is 13.5. The number of benzene rings is 2. The average molecular weight is 525 g/mol. The summed E-state index contributed by atoms with van der Waals surface area (Å²) in [6.07, 6.45) is 3.88. The molecule has 0 atom stereocenters. The highest BCUT2D eigenvalue weighted by Crippen LogP contribution is 2.34. The molecule has 0 unspecified atom stereocenters. The van der Waals surface area contributed by atoms with E-state index < -0.39 is 10.0 Å². The van der Waals surface area contributed by atoms with Crippen LogP contribution in [0.1, 0.15) is 6.42 Å². The summed E-state index contributed by atoms with van der Waals surface area (Å²) in [7, 11) is 0.886. The molecule has 0 aliphatic carbocycles. The second kappa shape index (κ2) is 10.2. The van der Waals surface area contributed by atoms with Crippen LogP contribution < -0.4 is 19.1 Å². The normalized spacial score (nSPS) is 14.9. The summed E-state index contributed by atoms with van der Waals surface area (Å²) in [5.41, 5.74) is 1.82. The highest BCUT2D eigenvalue weighted by atomic mass is 32.2. The zero-order chi connectivity index (χ0) is 26.0. The van der Waals surface area contributed by atoms with E-state index in [-0.39, 0.29) is 4.90 Å². The van der Waals surface area contributed by atoms with Crippen molar-refractivity contribution in [1.29, 1.82) is 0 Å². The van der Waals surface area contributed by atoms with Crippen molar-refractivity contribution in [2.45, 2.75) is 11.3 Å². The Balaban J connectivity index is 1.46. The van der Waals surface area contributed by atoms with Crippen LogP contribution in [0.15, 0.2) is 59.9 Å². The average Bonchev–Trinajstić information content (AvgIpc) is 3.28. The molecule has 1 aliphatic heterocycles. The molecule has 0 amide bonds. The van der Waals surface area contributed by atoms with E-state index in [0.29, 0.717) is 49.9 Å². The second-order valence-electron chi connectivity index (χ2n) is 8.46. The fourth-order valence-corrected chi connectivity index (χ4v) is 6.00. The lowest BCUT2D eigenvalue weighted by Gasteiger charge is -2.26. The van der Waals surface area contributed by atoms with E-state index in [9.17, 15) is 8.42 Å². The van der Waals surface area contributed by atoms with Crippen LogP contribution in [0.2, 0.25) is 0 Å². The topological polar surface area (TPSA) is 111 Å². The quantitative estimate of drug-likeness (QED) is 0.360. The molecule has 0 saturated carbocycles. The van der Waals surface area contributed by atoms with Crippen molar-refractivity contribution < 1.29 is 22.6 Å². The zero-order valence-electron chi connectivity index (χ0n) is 20.9. The van der Waals surface area contributed by atoms with Crippen molar-refractivity contribution in [3.8, 4) is 28.4 Å². The Morgan fingerprint density at radius 3 is 2.35 bits per heavy atom. The molecule has 5 rings (SSSR count). The summed E-state index contributed by atoms with van der Waals surface area (Å²) in [4.78, 5) is 11.0. The third kappa shape index (κ3) is 4.65. The standard InChI is InChI=1S/C25H28N6O5S/c1-34-19-7-5-18(6-8-19)21-16-26-25-27-17-28-31(25)24(21)29-11-4-12-30(14-13-29)37(32,33)20-9-10-22(35-2)23(15-20)36-3/h5-10,15-17H,4,11-14H2,1-3H3. The van der Waals surface area contributed by atoms with Crippen molar-refractivity contribution in [1.82, 2.24) is 23.9 Å². The van der Waals surface area contributed by atoms with E-state index in [1.807, 2.05) is 24.3 Å². The third-order valence-corrected chi connectivity index (χ3v) is 8.32. The maximum Gasteiger partial charge on any atom is 0.254 e. The van der Waals surface area contributed by atoms with Gasteiger partial charge in [-0.1, -0.05) is 12.1 Å². The van der Waals surface area contributed by atoms with Gasteiger partial charge in [0.05, 0.1) is 26.2 Å². The van der Waals surface area contributed by atoms with Crippen LogP contribution in [0.4, 0.5) is 5.82 Å². The molecule has 0 spiro atoms. The van der Waals surface area contributed by atoms with E-state index in [4.69, 9.17) is 14.2 Å². The van der Waals surface area contributed by atoms with Crippen LogP contribution in [0.5, 0.6) is 17.2 Å². The number of hydrogen-bond acceptors (Lipinski definition) is 9. The monoisotopic (exact) mass is 524 g/mol. The van der Waals surface area contributed by atoms with Gasteiger partial charge in [0.25, 0.3) is 5.78 Å². The van der Waals surface area contributed by atoms with Gasteiger partial charge in [-0.15, -0.1) is 0 Å². The number of anilines is 1. The number of sulfonamides is 1. The first-order chi connectivity index (χ1) is 18.0. The van der Waals surface area contributed by atoms with Gasteiger partial charge in [0.15, 0.2) is 11.5 Å². The number of rotatable bonds is 7. The Kier molecular flexibility index (Phi) is 6.85. The minimum atomic E-state index is -3.74. The minimum Gasteiger partial charge on any atom is -0.497 e. The lowest BCUT2D eigenvalue weighted by atomic mass is 10.1. The van der Waals surface area contributed by atoms with Gasteiger partial charge in [-0.2, -0.15) is 18.9 Å². The van der Waals surface area contributed by atoms with Gasteiger partial charge in [-0.25, -0.2) is 13.4 Å². The summed E-state index contributed by atoms with van der Waals surface area (Å²) in [5.74, 6) is 2.90. The predicted octanol–water partition coefficient (Wildman–Crippen LogP) is 2.72. The van der Waals surface area contributed by atoms with E-state index in [2.05, 4.69) is 20.0 Å². The molecule has 4 aromatic rings. The van der Waals surface area contributed by atoms with Crippen LogP contribution in [0, 0.1) is 0 Å². The van der Waals surface area contributed by atoms with Crippen LogP contribution in [0.25, 0.3) is 16.9 Å². The number of ether oxygens (including phenoxy) is 3. The van der Waals surface area contributed by atoms with E-state index in [0.717, 1.165) is 22.7 Å². The van der Waals surface area contributed by atoms with Gasteiger partial charge in [0.2, 0.25) is 10.0 Å². The summed E-state index contributed by atoms with van der Waals surface area (Å²) in [5, 5.41) is 4.41. The zero-order valence-corrected chi connectivity index (χ0v) is 21.7.